The molecule has 4 rings (SSSR count). The molecule has 1 aliphatic carbocycles. The first-order chi connectivity index (χ1) is 15.0. The molecule has 0 fully saturated rings. The number of methoxy groups -OCH3 is 1. The van der Waals surface area contributed by atoms with E-state index in [-0.39, 0.29) is 24.1 Å². The topological polar surface area (TPSA) is 80.4 Å². The van der Waals surface area contributed by atoms with E-state index in [1.54, 1.807) is 24.3 Å². The van der Waals surface area contributed by atoms with E-state index in [9.17, 15) is 14.0 Å². The number of hydrogen-bond donors (Lipinski definition) is 2. The van der Waals surface area contributed by atoms with Crippen molar-refractivity contribution in [3.05, 3.63) is 64.6 Å². The predicted molar refractivity (Wildman–Crippen MR) is 116 cm³/mol. The van der Waals surface area contributed by atoms with Gasteiger partial charge < -0.3 is 19.8 Å². The number of aromatic amines is 1. The fourth-order valence-corrected chi connectivity index (χ4v) is 3.82. The van der Waals surface area contributed by atoms with Gasteiger partial charge in [-0.1, -0.05) is 6.07 Å². The van der Waals surface area contributed by atoms with Crippen molar-refractivity contribution in [3.63, 3.8) is 0 Å². The quantitative estimate of drug-likeness (QED) is 0.588. The number of likely N-dealkylation sites (N-methyl/N-ethyl adjacent to an activating group) is 1. The lowest BCUT2D eigenvalue weighted by atomic mass is 9.88. The Morgan fingerprint density at radius 3 is 2.81 bits per heavy atom. The van der Waals surface area contributed by atoms with E-state index in [2.05, 4.69) is 10.3 Å². The smallest absolute Gasteiger partial charge is 0.257 e. The number of carbonyl (C=O) groups is 2. The van der Waals surface area contributed by atoms with Crippen LogP contribution in [0.25, 0.3) is 17.0 Å². The first kappa shape index (κ1) is 20.7. The first-order valence-corrected chi connectivity index (χ1v) is 10.1. The van der Waals surface area contributed by atoms with Crippen molar-refractivity contribution >= 4 is 28.7 Å². The van der Waals surface area contributed by atoms with E-state index >= 15 is 0 Å². The zero-order valence-electron chi connectivity index (χ0n) is 17.4. The van der Waals surface area contributed by atoms with Crippen LogP contribution in [0.2, 0.25) is 0 Å². The van der Waals surface area contributed by atoms with Crippen LogP contribution < -0.4 is 14.8 Å². The number of halogens is 1. The lowest BCUT2D eigenvalue weighted by molar-refractivity contribution is -0.123. The van der Waals surface area contributed by atoms with Crippen molar-refractivity contribution < 1.29 is 23.5 Å². The third-order valence-electron chi connectivity index (χ3n) is 5.26. The van der Waals surface area contributed by atoms with Gasteiger partial charge in [-0.25, -0.2) is 4.39 Å². The SMILES string of the molecule is CCNC(=O)COc1ccc(/C=C2\CCc3[nH]c4ccc(F)cc4c3C2=O)cc1OC. The van der Waals surface area contributed by atoms with Gasteiger partial charge in [0.1, 0.15) is 5.82 Å². The average Bonchev–Trinajstić information content (AvgIpc) is 3.13. The third kappa shape index (κ3) is 4.17. The number of Topliss-reactive ketones (excluding diaryl/α,β-unsaturated/α-hetero) is 1. The number of nitrogens with one attached hydrogen (secondary N) is 2. The molecule has 1 aromatic heterocycles. The summed E-state index contributed by atoms with van der Waals surface area (Å²) in [5.41, 5.74) is 3.57. The maximum Gasteiger partial charge on any atom is 0.257 e. The van der Waals surface area contributed by atoms with E-state index in [0.717, 1.165) is 16.8 Å². The van der Waals surface area contributed by atoms with Gasteiger partial charge in [-0.15, -0.1) is 0 Å². The molecule has 0 atom stereocenters. The number of allylic oxidation sites excluding steroid dienone is 1. The fraction of sp³-hybridized carbons (Fsp3) is 0.250. The highest BCUT2D eigenvalue weighted by Gasteiger charge is 2.26. The summed E-state index contributed by atoms with van der Waals surface area (Å²) < 4.78 is 24.7. The summed E-state index contributed by atoms with van der Waals surface area (Å²) in [5.74, 6) is 0.228. The number of rotatable bonds is 6. The summed E-state index contributed by atoms with van der Waals surface area (Å²) >= 11 is 0. The Morgan fingerprint density at radius 1 is 1.19 bits per heavy atom. The van der Waals surface area contributed by atoms with Gasteiger partial charge in [0.2, 0.25) is 0 Å². The fourth-order valence-electron chi connectivity index (χ4n) is 3.82. The van der Waals surface area contributed by atoms with Gasteiger partial charge >= 0.3 is 0 Å². The van der Waals surface area contributed by atoms with Crippen LogP contribution in [0, 0.1) is 5.82 Å². The molecule has 31 heavy (non-hydrogen) atoms. The standard InChI is InChI=1S/C24H23FN2O4/c1-3-26-22(28)13-31-20-9-4-14(11-21(20)30-2)10-15-5-7-19-23(24(15)29)17-12-16(25)6-8-18(17)27-19/h4,6,8-12,27H,3,5,7,13H2,1-2H3,(H,26,28)/b15-10+. The average molecular weight is 422 g/mol. The first-order valence-electron chi connectivity index (χ1n) is 10.1. The van der Waals surface area contributed by atoms with Gasteiger partial charge in [0.15, 0.2) is 23.9 Å². The maximum absolute atomic E-state index is 13.7. The van der Waals surface area contributed by atoms with E-state index in [0.29, 0.717) is 47.4 Å². The molecular weight excluding hydrogens is 399 g/mol. The molecule has 0 unspecified atom stereocenters. The Kier molecular flexibility index (Phi) is 5.75. The number of aromatic nitrogens is 1. The van der Waals surface area contributed by atoms with E-state index in [1.807, 2.05) is 13.0 Å². The number of aryl methyl sites for hydroxylation is 1. The monoisotopic (exact) mass is 422 g/mol. The molecule has 0 saturated carbocycles. The minimum absolute atomic E-state index is 0.103. The molecule has 0 radical (unpaired) electrons. The molecule has 1 heterocycles. The van der Waals surface area contributed by atoms with Crippen LogP contribution in [-0.4, -0.2) is 36.9 Å². The number of hydrogen-bond acceptors (Lipinski definition) is 4. The Labute approximate surface area is 179 Å². The number of ketones is 1. The van der Waals surface area contributed by atoms with Crippen LogP contribution in [-0.2, 0) is 11.2 Å². The maximum atomic E-state index is 13.7. The second-order valence-electron chi connectivity index (χ2n) is 7.32. The lowest BCUT2D eigenvalue weighted by Gasteiger charge is -2.15. The van der Waals surface area contributed by atoms with Crippen molar-refractivity contribution in [3.8, 4) is 11.5 Å². The van der Waals surface area contributed by atoms with Crippen molar-refractivity contribution in [2.45, 2.75) is 19.8 Å². The summed E-state index contributed by atoms with van der Waals surface area (Å²) in [7, 11) is 1.52. The van der Waals surface area contributed by atoms with Crippen LogP contribution in [0.3, 0.4) is 0 Å². The highest BCUT2D eigenvalue weighted by atomic mass is 19.1. The molecule has 6 nitrogen and oxygen atoms in total. The van der Waals surface area contributed by atoms with Gasteiger partial charge in [-0.3, -0.25) is 9.59 Å². The van der Waals surface area contributed by atoms with Crippen molar-refractivity contribution in [2.75, 3.05) is 20.3 Å². The number of carbonyl (C=O) groups excluding carboxylic acids is 2. The molecule has 2 N–H and O–H groups in total. The Balaban J connectivity index is 1.60. The van der Waals surface area contributed by atoms with Crippen LogP contribution >= 0.6 is 0 Å². The second kappa shape index (κ2) is 8.63. The van der Waals surface area contributed by atoms with E-state index in [4.69, 9.17) is 9.47 Å². The summed E-state index contributed by atoms with van der Waals surface area (Å²) in [5, 5.41) is 3.28. The summed E-state index contributed by atoms with van der Waals surface area (Å²) in [6, 6.07) is 9.72. The summed E-state index contributed by atoms with van der Waals surface area (Å²) in [6.45, 7) is 2.26. The Morgan fingerprint density at radius 2 is 2.03 bits per heavy atom. The number of ether oxygens (including phenoxy) is 2. The lowest BCUT2D eigenvalue weighted by Crippen LogP contribution is -2.28. The number of H-pyrrole nitrogens is 1. The van der Waals surface area contributed by atoms with Crippen LogP contribution in [0.4, 0.5) is 4.39 Å². The second-order valence-corrected chi connectivity index (χ2v) is 7.32. The van der Waals surface area contributed by atoms with Crippen LogP contribution in [0.5, 0.6) is 11.5 Å². The molecule has 0 aliphatic heterocycles. The number of fused-ring (bicyclic) bond motifs is 3. The van der Waals surface area contributed by atoms with Gasteiger partial charge in [-0.05, 0) is 61.7 Å². The molecule has 1 aliphatic rings. The van der Waals surface area contributed by atoms with Crippen molar-refractivity contribution in [2.24, 2.45) is 0 Å². The molecule has 0 bridgehead atoms. The highest BCUT2D eigenvalue weighted by molar-refractivity contribution is 6.19. The van der Waals surface area contributed by atoms with Crippen LogP contribution in [0.15, 0.2) is 42.0 Å². The van der Waals surface area contributed by atoms with Crippen molar-refractivity contribution in [1.82, 2.24) is 10.3 Å². The molecule has 2 aromatic carbocycles. The molecular formula is C24H23FN2O4. The molecule has 0 spiro atoms. The summed E-state index contributed by atoms with van der Waals surface area (Å²) in [4.78, 5) is 28.0. The molecule has 1 amide bonds. The minimum atomic E-state index is -0.369. The predicted octanol–water partition coefficient (Wildman–Crippen LogP) is 4.04. The number of benzene rings is 2. The van der Waals surface area contributed by atoms with Crippen LogP contribution in [0.1, 0.15) is 35.0 Å². The Hall–Kier alpha value is -3.61. The summed E-state index contributed by atoms with van der Waals surface area (Å²) in [6.07, 6.45) is 3.08. The Bertz CT molecular complexity index is 1200. The normalized spacial score (nSPS) is 14.5. The number of amides is 1. The van der Waals surface area contributed by atoms with Gasteiger partial charge in [-0.2, -0.15) is 0 Å². The molecule has 3 aromatic rings. The van der Waals surface area contributed by atoms with Gasteiger partial charge in [0, 0.05) is 28.7 Å². The molecule has 7 heteroatoms. The van der Waals surface area contributed by atoms with Crippen molar-refractivity contribution in [1.29, 1.82) is 0 Å². The third-order valence-corrected chi connectivity index (χ3v) is 5.26. The zero-order valence-corrected chi connectivity index (χ0v) is 17.4. The van der Waals surface area contributed by atoms with Gasteiger partial charge in [0.25, 0.3) is 5.91 Å². The van der Waals surface area contributed by atoms with E-state index in [1.165, 1.54) is 19.2 Å². The van der Waals surface area contributed by atoms with E-state index < -0.39 is 0 Å². The largest absolute Gasteiger partial charge is 0.493 e. The van der Waals surface area contributed by atoms with Gasteiger partial charge in [0.05, 0.1) is 12.7 Å². The minimum Gasteiger partial charge on any atom is -0.493 e. The molecule has 160 valence electrons. The zero-order chi connectivity index (χ0) is 22.0. The molecule has 0 saturated heterocycles. The highest BCUT2D eigenvalue weighted by Crippen LogP contribution is 2.34.